The highest BCUT2D eigenvalue weighted by Gasteiger charge is 2.28. The monoisotopic (exact) mass is 309 g/mol. The molecule has 0 fully saturated rings. The Morgan fingerprint density at radius 1 is 1.52 bits per heavy atom. The maximum Gasteiger partial charge on any atom is 0.302 e. The van der Waals surface area contributed by atoms with Gasteiger partial charge in [-0.1, -0.05) is 41.1 Å². The predicted molar refractivity (Wildman–Crippen MR) is 82.8 cm³/mol. The van der Waals surface area contributed by atoms with E-state index in [1.807, 2.05) is 35.4 Å². The standard InChI is InChI=1S/C14H19N3O3S/c1-11(18)20-9-13-6-4-5-12(7-13)8-16-10-17(2,19)15-14(16)21-3/h4-7H,8-10H2,1-3H3. The average molecular weight is 309 g/mol. The van der Waals surface area contributed by atoms with Gasteiger partial charge in [-0.2, -0.15) is 0 Å². The Balaban J connectivity index is 2.05. The number of thioether (sulfide) groups is 1. The molecule has 1 aromatic carbocycles. The molecular formula is C14H19N3O3S. The highest BCUT2D eigenvalue weighted by molar-refractivity contribution is 8.13. The van der Waals surface area contributed by atoms with Crippen molar-refractivity contribution in [3.05, 3.63) is 40.6 Å². The summed E-state index contributed by atoms with van der Waals surface area (Å²) >= 11 is 1.47. The Morgan fingerprint density at radius 3 is 2.90 bits per heavy atom. The zero-order valence-corrected chi connectivity index (χ0v) is 13.2. The minimum absolute atomic E-state index is 0.266. The molecule has 0 radical (unpaired) electrons. The Bertz CT molecular complexity index is 560. The molecule has 1 atom stereocenters. The quantitative estimate of drug-likeness (QED) is 0.484. The molecule has 0 bridgehead atoms. The molecule has 114 valence electrons. The number of nitrogens with zero attached hydrogens (tertiary/aromatic N) is 3. The van der Waals surface area contributed by atoms with E-state index in [9.17, 15) is 10.0 Å². The zero-order chi connectivity index (χ0) is 15.5. The number of quaternary nitrogens is 1. The van der Waals surface area contributed by atoms with E-state index in [1.165, 1.54) is 25.7 Å². The molecule has 0 aliphatic carbocycles. The molecule has 0 N–H and O–H groups in total. The first-order valence-electron chi connectivity index (χ1n) is 6.56. The molecule has 1 heterocycles. The minimum Gasteiger partial charge on any atom is -0.603 e. The van der Waals surface area contributed by atoms with Crippen LogP contribution in [-0.2, 0) is 22.7 Å². The molecule has 1 aliphatic heterocycles. The van der Waals surface area contributed by atoms with Crippen LogP contribution >= 0.6 is 11.8 Å². The molecule has 21 heavy (non-hydrogen) atoms. The van der Waals surface area contributed by atoms with Crippen molar-refractivity contribution in [1.82, 2.24) is 4.90 Å². The molecule has 2 rings (SSSR count). The van der Waals surface area contributed by atoms with Crippen LogP contribution in [0, 0.1) is 5.21 Å². The Morgan fingerprint density at radius 2 is 2.24 bits per heavy atom. The van der Waals surface area contributed by atoms with E-state index < -0.39 is 4.76 Å². The van der Waals surface area contributed by atoms with Gasteiger partial charge in [-0.25, -0.2) is 4.76 Å². The Labute approximate surface area is 128 Å². The first-order chi connectivity index (χ1) is 9.89. The summed E-state index contributed by atoms with van der Waals surface area (Å²) in [5.74, 6) is -0.295. The lowest BCUT2D eigenvalue weighted by molar-refractivity contribution is -0.868. The van der Waals surface area contributed by atoms with E-state index in [0.717, 1.165) is 16.3 Å². The summed E-state index contributed by atoms with van der Waals surface area (Å²) in [6, 6.07) is 7.80. The minimum atomic E-state index is -0.622. The maximum absolute atomic E-state index is 12.0. The van der Waals surface area contributed by atoms with E-state index in [1.54, 1.807) is 0 Å². The second-order valence-corrected chi connectivity index (χ2v) is 5.85. The number of benzene rings is 1. The summed E-state index contributed by atoms with van der Waals surface area (Å²) in [7, 11) is 1.54. The Kier molecular flexibility index (Phi) is 4.87. The van der Waals surface area contributed by atoms with E-state index >= 15 is 0 Å². The molecule has 1 aliphatic rings. The molecule has 6 nitrogen and oxygen atoms in total. The highest BCUT2D eigenvalue weighted by atomic mass is 32.2. The predicted octanol–water partition coefficient (Wildman–Crippen LogP) is 2.10. The van der Waals surface area contributed by atoms with E-state index in [-0.39, 0.29) is 12.6 Å². The van der Waals surface area contributed by atoms with Crippen LogP contribution in [-0.4, -0.2) is 40.8 Å². The van der Waals surface area contributed by atoms with Gasteiger partial charge in [-0.05, 0) is 17.4 Å². The van der Waals surface area contributed by atoms with Crippen LogP contribution in [0.3, 0.4) is 0 Å². The van der Waals surface area contributed by atoms with Crippen molar-refractivity contribution < 1.29 is 14.3 Å². The zero-order valence-electron chi connectivity index (χ0n) is 12.4. The normalized spacial score (nSPS) is 21.3. The summed E-state index contributed by atoms with van der Waals surface area (Å²) in [4.78, 5) is 12.8. The summed E-state index contributed by atoms with van der Waals surface area (Å²) in [5, 5.41) is 16.8. The van der Waals surface area contributed by atoms with Gasteiger partial charge in [0.05, 0.1) is 13.6 Å². The van der Waals surface area contributed by atoms with Gasteiger partial charge in [0.15, 0.2) is 6.67 Å². The summed E-state index contributed by atoms with van der Waals surface area (Å²) in [6.07, 6.45) is 1.91. The van der Waals surface area contributed by atoms with Gasteiger partial charge in [0, 0.05) is 6.92 Å². The Hall–Kier alpha value is -1.57. The molecule has 0 amide bonds. The lowest BCUT2D eigenvalue weighted by Crippen LogP contribution is -2.36. The topological polar surface area (TPSA) is 65.0 Å². The third-order valence-corrected chi connectivity index (χ3v) is 3.70. The van der Waals surface area contributed by atoms with Crippen LogP contribution in [0.15, 0.2) is 29.4 Å². The van der Waals surface area contributed by atoms with E-state index in [0.29, 0.717) is 13.2 Å². The van der Waals surface area contributed by atoms with E-state index in [2.05, 4.69) is 5.10 Å². The van der Waals surface area contributed by atoms with Gasteiger partial charge in [-0.15, -0.1) is 0 Å². The number of rotatable bonds is 4. The lowest BCUT2D eigenvalue weighted by atomic mass is 10.1. The van der Waals surface area contributed by atoms with Gasteiger partial charge in [0.25, 0.3) is 0 Å². The van der Waals surface area contributed by atoms with Crippen LogP contribution in [0.5, 0.6) is 0 Å². The number of hydroxylamine groups is 2. The molecule has 0 spiro atoms. The maximum atomic E-state index is 12.0. The molecule has 7 heteroatoms. The van der Waals surface area contributed by atoms with Crippen molar-refractivity contribution in [2.24, 2.45) is 5.10 Å². The molecular weight excluding hydrogens is 290 g/mol. The molecule has 1 unspecified atom stereocenters. The van der Waals surface area contributed by atoms with Crippen molar-refractivity contribution in [2.45, 2.75) is 20.1 Å². The van der Waals surface area contributed by atoms with Crippen LogP contribution in [0.25, 0.3) is 0 Å². The van der Waals surface area contributed by atoms with Crippen molar-refractivity contribution >= 4 is 22.9 Å². The number of carbonyl (C=O) groups is 1. The van der Waals surface area contributed by atoms with E-state index in [4.69, 9.17) is 4.74 Å². The largest absolute Gasteiger partial charge is 0.603 e. The fourth-order valence-electron chi connectivity index (χ4n) is 2.16. The van der Waals surface area contributed by atoms with Crippen molar-refractivity contribution in [3.63, 3.8) is 0 Å². The number of carbonyl (C=O) groups excluding carboxylic acids is 1. The van der Waals surface area contributed by atoms with Crippen molar-refractivity contribution in [1.29, 1.82) is 0 Å². The number of ether oxygens (including phenoxy) is 1. The number of amidine groups is 1. The van der Waals surface area contributed by atoms with Gasteiger partial charge >= 0.3 is 5.97 Å². The van der Waals surface area contributed by atoms with Gasteiger partial charge in [-0.3, -0.25) is 9.69 Å². The fourth-order valence-corrected chi connectivity index (χ4v) is 2.80. The lowest BCUT2D eigenvalue weighted by Gasteiger charge is -2.28. The highest BCUT2D eigenvalue weighted by Crippen LogP contribution is 2.22. The summed E-state index contributed by atoms with van der Waals surface area (Å²) in [5.41, 5.74) is 1.99. The summed E-state index contributed by atoms with van der Waals surface area (Å²) < 4.78 is 4.37. The van der Waals surface area contributed by atoms with Gasteiger partial charge in [0.2, 0.25) is 5.17 Å². The van der Waals surface area contributed by atoms with Gasteiger partial charge in [0.1, 0.15) is 6.61 Å². The third kappa shape index (κ3) is 4.45. The second kappa shape index (κ2) is 6.46. The first kappa shape index (κ1) is 15.8. The molecule has 1 aromatic rings. The average Bonchev–Trinajstić information content (AvgIpc) is 2.71. The number of hydrogen-bond donors (Lipinski definition) is 0. The van der Waals surface area contributed by atoms with Gasteiger partial charge < -0.3 is 9.94 Å². The first-order valence-corrected chi connectivity index (χ1v) is 7.79. The van der Waals surface area contributed by atoms with Crippen LogP contribution in [0.4, 0.5) is 0 Å². The van der Waals surface area contributed by atoms with Crippen LogP contribution < -0.4 is 0 Å². The third-order valence-electron chi connectivity index (χ3n) is 2.99. The number of hydrogen-bond acceptors (Lipinski definition) is 6. The fraction of sp³-hybridized carbons (Fsp3) is 0.429. The SMILES string of the molecule is CSC1=N[N+](C)([O-])CN1Cc1cccc(COC(C)=O)c1. The molecule has 0 aromatic heterocycles. The molecule has 0 saturated carbocycles. The number of esters is 1. The van der Waals surface area contributed by atoms with Crippen LogP contribution in [0.1, 0.15) is 18.1 Å². The van der Waals surface area contributed by atoms with Crippen molar-refractivity contribution in [3.8, 4) is 0 Å². The summed E-state index contributed by atoms with van der Waals surface area (Å²) in [6.45, 7) is 2.58. The van der Waals surface area contributed by atoms with Crippen LogP contribution in [0.2, 0.25) is 0 Å². The molecule has 0 saturated heterocycles. The smallest absolute Gasteiger partial charge is 0.302 e. The second-order valence-electron chi connectivity index (χ2n) is 5.08. The van der Waals surface area contributed by atoms with Crippen molar-refractivity contribution in [2.75, 3.05) is 20.0 Å².